The first kappa shape index (κ1) is 24.6. The summed E-state index contributed by atoms with van der Waals surface area (Å²) in [6.07, 6.45) is 0. The first-order valence-electron chi connectivity index (χ1n) is 11.4. The van der Waals surface area contributed by atoms with E-state index in [4.69, 9.17) is 14.5 Å². The summed E-state index contributed by atoms with van der Waals surface area (Å²) < 4.78 is 26.6. The smallest absolute Gasteiger partial charge is 0.340 e. The molecule has 5 heteroatoms. The van der Waals surface area contributed by atoms with E-state index < -0.39 is 11.8 Å². The van der Waals surface area contributed by atoms with Gasteiger partial charge in [-0.15, -0.1) is 0 Å². The van der Waals surface area contributed by atoms with E-state index in [1.807, 2.05) is 58.0 Å². The molecule has 0 aliphatic carbocycles. The Labute approximate surface area is 195 Å². The molecule has 4 nitrogen and oxygen atoms in total. The van der Waals surface area contributed by atoms with E-state index in [0.717, 1.165) is 16.8 Å². The van der Waals surface area contributed by atoms with Crippen LogP contribution >= 0.6 is 0 Å². The molecule has 3 aromatic rings. The van der Waals surface area contributed by atoms with E-state index in [9.17, 15) is 4.79 Å². The van der Waals surface area contributed by atoms with Gasteiger partial charge in [-0.25, -0.2) is 9.18 Å². The number of benzene rings is 2. The molecule has 0 fully saturated rings. The molecule has 1 heterocycles. The lowest BCUT2D eigenvalue weighted by molar-refractivity contribution is 0.0524. The molecular weight excluding hydrogens is 417 g/mol. The number of esters is 1. The summed E-state index contributed by atoms with van der Waals surface area (Å²) in [6.45, 7) is 10.6. The highest BCUT2D eigenvalue weighted by molar-refractivity contribution is 6.00. The molecule has 0 saturated carbocycles. The molecule has 0 bridgehead atoms. The Morgan fingerprint density at radius 3 is 2.15 bits per heavy atom. The van der Waals surface area contributed by atoms with Crippen LogP contribution in [0.2, 0.25) is 0 Å². The van der Waals surface area contributed by atoms with Gasteiger partial charge in [-0.1, -0.05) is 76.2 Å². The van der Waals surface area contributed by atoms with Crippen LogP contribution in [-0.4, -0.2) is 17.6 Å². The number of ether oxygens (including phenoxy) is 2. The van der Waals surface area contributed by atoms with Crippen LogP contribution in [0.3, 0.4) is 0 Å². The second-order valence-corrected chi connectivity index (χ2v) is 8.60. The average molecular weight is 450 g/mol. The predicted molar refractivity (Wildman–Crippen MR) is 129 cm³/mol. The third kappa shape index (κ3) is 5.66. The lowest BCUT2D eigenvalue weighted by Gasteiger charge is -2.24. The maximum atomic E-state index is 15.1. The zero-order valence-corrected chi connectivity index (χ0v) is 20.0. The minimum atomic E-state index is -0.494. The van der Waals surface area contributed by atoms with Crippen molar-refractivity contribution in [3.63, 3.8) is 0 Å². The first-order valence-corrected chi connectivity index (χ1v) is 11.4. The summed E-state index contributed by atoms with van der Waals surface area (Å²) in [4.78, 5) is 18.1. The Balaban J connectivity index is 2.24. The van der Waals surface area contributed by atoms with Crippen LogP contribution in [0.15, 0.2) is 54.6 Å². The van der Waals surface area contributed by atoms with Crippen molar-refractivity contribution >= 4 is 5.97 Å². The molecular formula is C28H32FNO3. The second-order valence-electron chi connectivity index (χ2n) is 8.60. The van der Waals surface area contributed by atoms with Gasteiger partial charge in [0.1, 0.15) is 5.82 Å². The quantitative estimate of drug-likeness (QED) is 0.329. The number of halogens is 1. The zero-order chi connectivity index (χ0) is 24.0. The highest BCUT2D eigenvalue weighted by atomic mass is 19.1. The van der Waals surface area contributed by atoms with Crippen molar-refractivity contribution in [1.29, 1.82) is 0 Å². The summed E-state index contributed by atoms with van der Waals surface area (Å²) in [6, 6.07) is 16.4. The van der Waals surface area contributed by atoms with Gasteiger partial charge in [0.05, 0.1) is 31.1 Å². The van der Waals surface area contributed by atoms with Crippen LogP contribution in [0, 0.1) is 5.82 Å². The number of hydrogen-bond donors (Lipinski definition) is 0. The van der Waals surface area contributed by atoms with Gasteiger partial charge in [-0.3, -0.25) is 4.98 Å². The van der Waals surface area contributed by atoms with Gasteiger partial charge in [0.2, 0.25) is 0 Å². The van der Waals surface area contributed by atoms with Crippen LogP contribution in [0.1, 0.15) is 79.3 Å². The SMILES string of the molecule is CCOC(=O)c1c(C(C)C)nc(C(C)C)c(COCc2ccccc2)c1-c1ccccc1F. The zero-order valence-electron chi connectivity index (χ0n) is 20.0. The number of pyridine rings is 1. The van der Waals surface area contributed by atoms with E-state index in [0.29, 0.717) is 29.0 Å². The Hall–Kier alpha value is -3.05. The summed E-state index contributed by atoms with van der Waals surface area (Å²) in [7, 11) is 0. The number of carbonyl (C=O) groups excluding carboxylic acids is 1. The van der Waals surface area contributed by atoms with Crippen molar-refractivity contribution in [3.8, 4) is 11.1 Å². The van der Waals surface area contributed by atoms with Gasteiger partial charge >= 0.3 is 5.97 Å². The van der Waals surface area contributed by atoms with Crippen LogP contribution in [-0.2, 0) is 22.7 Å². The van der Waals surface area contributed by atoms with E-state index in [1.165, 1.54) is 6.07 Å². The molecule has 0 spiro atoms. The number of carbonyl (C=O) groups is 1. The normalized spacial score (nSPS) is 11.3. The van der Waals surface area contributed by atoms with Gasteiger partial charge in [0.25, 0.3) is 0 Å². The summed E-state index contributed by atoms with van der Waals surface area (Å²) in [5.41, 5.74) is 4.36. The largest absolute Gasteiger partial charge is 0.462 e. The third-order valence-electron chi connectivity index (χ3n) is 5.43. The van der Waals surface area contributed by atoms with E-state index in [1.54, 1.807) is 25.1 Å². The molecule has 0 atom stereocenters. The Bertz CT molecular complexity index is 1090. The molecule has 33 heavy (non-hydrogen) atoms. The predicted octanol–water partition coefficient (Wildman–Crippen LogP) is 7.03. The summed E-state index contributed by atoms with van der Waals surface area (Å²) in [5, 5.41) is 0. The average Bonchev–Trinajstić information content (AvgIpc) is 2.79. The number of nitrogens with zero attached hydrogens (tertiary/aromatic N) is 1. The van der Waals surface area contributed by atoms with E-state index >= 15 is 4.39 Å². The molecule has 0 amide bonds. The molecule has 0 unspecified atom stereocenters. The summed E-state index contributed by atoms with van der Waals surface area (Å²) >= 11 is 0. The second kappa shape index (κ2) is 11.2. The van der Waals surface area contributed by atoms with Crippen molar-refractivity contribution < 1.29 is 18.7 Å². The Kier molecular flexibility index (Phi) is 8.34. The molecule has 2 aromatic carbocycles. The van der Waals surface area contributed by atoms with Crippen LogP contribution in [0.4, 0.5) is 4.39 Å². The Morgan fingerprint density at radius 2 is 1.55 bits per heavy atom. The molecule has 0 radical (unpaired) electrons. The standard InChI is InChI=1S/C28H32FNO3/c1-6-33-28(31)25-24(21-14-10-11-15-23(21)29)22(17-32-16-20-12-8-7-9-13-20)26(18(2)3)30-27(25)19(4)5/h7-15,18-19H,6,16-17H2,1-5H3. The lowest BCUT2D eigenvalue weighted by Crippen LogP contribution is -2.18. The fourth-order valence-corrected chi connectivity index (χ4v) is 3.92. The van der Waals surface area contributed by atoms with Crippen LogP contribution in [0.5, 0.6) is 0 Å². The number of hydrogen-bond acceptors (Lipinski definition) is 4. The molecule has 3 rings (SSSR count). The van der Waals surface area contributed by atoms with E-state index in [-0.39, 0.29) is 25.0 Å². The molecule has 174 valence electrons. The minimum absolute atomic E-state index is 0.0493. The van der Waals surface area contributed by atoms with Crippen molar-refractivity contribution in [1.82, 2.24) is 4.98 Å². The van der Waals surface area contributed by atoms with Crippen molar-refractivity contribution in [2.75, 3.05) is 6.61 Å². The first-order chi connectivity index (χ1) is 15.8. The third-order valence-corrected chi connectivity index (χ3v) is 5.43. The van der Waals surface area contributed by atoms with Crippen molar-refractivity contribution in [2.45, 2.75) is 59.7 Å². The fourth-order valence-electron chi connectivity index (χ4n) is 3.92. The van der Waals surface area contributed by atoms with Gasteiger partial charge in [-0.2, -0.15) is 0 Å². The highest BCUT2D eigenvalue weighted by Crippen LogP contribution is 2.38. The number of aromatic nitrogens is 1. The van der Waals surface area contributed by atoms with Gasteiger partial charge < -0.3 is 9.47 Å². The Morgan fingerprint density at radius 1 is 0.909 bits per heavy atom. The highest BCUT2D eigenvalue weighted by Gasteiger charge is 2.29. The molecule has 0 aliphatic heterocycles. The van der Waals surface area contributed by atoms with Gasteiger partial charge in [0, 0.05) is 22.4 Å². The van der Waals surface area contributed by atoms with Crippen LogP contribution < -0.4 is 0 Å². The number of rotatable bonds is 9. The molecule has 0 saturated heterocycles. The minimum Gasteiger partial charge on any atom is -0.462 e. The van der Waals surface area contributed by atoms with Gasteiger partial charge in [-0.05, 0) is 30.4 Å². The monoisotopic (exact) mass is 449 g/mol. The molecule has 1 aromatic heterocycles. The van der Waals surface area contributed by atoms with Crippen LogP contribution in [0.25, 0.3) is 11.1 Å². The topological polar surface area (TPSA) is 48.4 Å². The summed E-state index contributed by atoms with van der Waals surface area (Å²) in [5.74, 6) is -0.888. The van der Waals surface area contributed by atoms with Gasteiger partial charge in [0.15, 0.2) is 0 Å². The maximum Gasteiger partial charge on any atom is 0.340 e. The lowest BCUT2D eigenvalue weighted by atomic mass is 9.87. The maximum absolute atomic E-state index is 15.1. The fraction of sp³-hybridized carbons (Fsp3) is 0.357. The molecule has 0 aliphatic rings. The van der Waals surface area contributed by atoms with E-state index in [2.05, 4.69) is 0 Å². The molecule has 0 N–H and O–H groups in total. The van der Waals surface area contributed by atoms with Crippen molar-refractivity contribution in [3.05, 3.63) is 88.5 Å². The van der Waals surface area contributed by atoms with Crippen molar-refractivity contribution in [2.24, 2.45) is 0 Å².